The fourth-order valence-electron chi connectivity index (χ4n) is 6.38. The predicted molar refractivity (Wildman–Crippen MR) is 176 cm³/mol. The Bertz CT molecular complexity index is 2190. The molecule has 0 bridgehead atoms. The SMILES string of the molecule is CN(c1ccccc1)c1ccc(-c2ccc3c(c2)c2c4ccccc4c4ccccc4c2n3-c2ccccc2)cc1. The van der Waals surface area contributed by atoms with Crippen LogP contribution in [-0.4, -0.2) is 11.6 Å². The molecule has 0 saturated carbocycles. The van der Waals surface area contributed by atoms with Crippen LogP contribution in [0.3, 0.4) is 0 Å². The number of benzene rings is 7. The number of hydrogen-bond donors (Lipinski definition) is 0. The summed E-state index contributed by atoms with van der Waals surface area (Å²) in [6, 6.07) is 54.7. The Morgan fingerprint density at radius 2 is 0.976 bits per heavy atom. The van der Waals surface area contributed by atoms with Gasteiger partial charge in [0.05, 0.1) is 11.0 Å². The molecule has 0 fully saturated rings. The van der Waals surface area contributed by atoms with Crippen molar-refractivity contribution in [1.82, 2.24) is 4.57 Å². The lowest BCUT2D eigenvalue weighted by Crippen LogP contribution is -2.08. The van der Waals surface area contributed by atoms with Gasteiger partial charge >= 0.3 is 0 Å². The van der Waals surface area contributed by atoms with E-state index in [0.29, 0.717) is 0 Å². The first-order chi connectivity index (χ1) is 20.3. The molecule has 1 heterocycles. The van der Waals surface area contributed by atoms with E-state index in [9.17, 15) is 0 Å². The van der Waals surface area contributed by atoms with Gasteiger partial charge in [-0.05, 0) is 75.8 Å². The molecule has 0 aliphatic carbocycles. The van der Waals surface area contributed by atoms with Crippen molar-refractivity contribution in [1.29, 1.82) is 0 Å². The topological polar surface area (TPSA) is 8.17 Å². The quantitative estimate of drug-likeness (QED) is 0.208. The first kappa shape index (κ1) is 23.5. The predicted octanol–water partition coefficient (Wildman–Crippen LogP) is 10.5. The van der Waals surface area contributed by atoms with Crippen LogP contribution in [0.2, 0.25) is 0 Å². The summed E-state index contributed by atoms with van der Waals surface area (Å²) in [5, 5.41) is 7.72. The highest BCUT2D eigenvalue weighted by molar-refractivity contribution is 6.32. The van der Waals surface area contributed by atoms with E-state index in [1.54, 1.807) is 0 Å². The van der Waals surface area contributed by atoms with E-state index >= 15 is 0 Å². The fraction of sp³-hybridized carbons (Fsp3) is 0.0256. The molecule has 0 unspecified atom stereocenters. The van der Waals surface area contributed by atoms with E-state index in [4.69, 9.17) is 0 Å². The van der Waals surface area contributed by atoms with Crippen molar-refractivity contribution in [2.24, 2.45) is 0 Å². The molecule has 194 valence electrons. The van der Waals surface area contributed by atoms with Crippen LogP contribution < -0.4 is 4.90 Å². The van der Waals surface area contributed by atoms with Gasteiger partial charge in [0, 0.05) is 40.3 Å². The second-order valence-electron chi connectivity index (χ2n) is 10.7. The zero-order valence-electron chi connectivity index (χ0n) is 22.8. The standard InChI is InChI=1S/C39H28N2/c1-40(29-12-4-2-5-13-29)30-23-20-27(21-24-30)28-22-25-37-36(26-28)38-34-18-10-8-16-32(34)33-17-9-11-19-35(33)39(38)41(37)31-14-6-3-7-15-31/h2-26H,1H3. The zero-order chi connectivity index (χ0) is 27.3. The molecule has 0 spiro atoms. The van der Waals surface area contributed by atoms with Crippen molar-refractivity contribution in [3.63, 3.8) is 0 Å². The van der Waals surface area contributed by atoms with Crippen LogP contribution in [0.1, 0.15) is 0 Å². The molecule has 7 aromatic carbocycles. The molecule has 0 radical (unpaired) electrons. The monoisotopic (exact) mass is 524 g/mol. The number of fused-ring (bicyclic) bond motifs is 8. The maximum absolute atomic E-state index is 2.45. The van der Waals surface area contributed by atoms with Crippen LogP contribution in [0, 0.1) is 0 Å². The molecule has 1 aromatic heterocycles. The molecule has 0 saturated heterocycles. The molecule has 0 N–H and O–H groups in total. The van der Waals surface area contributed by atoms with E-state index in [1.807, 2.05) is 0 Å². The summed E-state index contributed by atoms with van der Waals surface area (Å²) in [4.78, 5) is 2.22. The van der Waals surface area contributed by atoms with Crippen LogP contribution in [0.15, 0.2) is 152 Å². The second-order valence-corrected chi connectivity index (χ2v) is 10.7. The summed E-state index contributed by atoms with van der Waals surface area (Å²) in [6.07, 6.45) is 0. The minimum absolute atomic E-state index is 1.17. The van der Waals surface area contributed by atoms with Crippen molar-refractivity contribution >= 4 is 54.7 Å². The Kier molecular flexibility index (Phi) is 5.39. The zero-order valence-corrected chi connectivity index (χ0v) is 22.8. The summed E-state index contributed by atoms with van der Waals surface area (Å²) in [5.74, 6) is 0. The fourth-order valence-corrected chi connectivity index (χ4v) is 6.38. The van der Waals surface area contributed by atoms with Crippen LogP contribution in [0.25, 0.3) is 60.2 Å². The highest BCUT2D eigenvalue weighted by Crippen LogP contribution is 2.43. The summed E-state index contributed by atoms with van der Waals surface area (Å²) in [6.45, 7) is 0. The molecule has 0 aliphatic rings. The maximum atomic E-state index is 2.45. The molecule has 2 heteroatoms. The average molecular weight is 525 g/mol. The minimum atomic E-state index is 1.17. The van der Waals surface area contributed by atoms with Gasteiger partial charge in [-0.3, -0.25) is 0 Å². The third-order valence-corrected chi connectivity index (χ3v) is 8.38. The molecule has 8 aromatic rings. The Labute approximate surface area is 239 Å². The highest BCUT2D eigenvalue weighted by atomic mass is 15.1. The third-order valence-electron chi connectivity index (χ3n) is 8.38. The van der Waals surface area contributed by atoms with Crippen LogP contribution in [-0.2, 0) is 0 Å². The normalized spacial score (nSPS) is 11.5. The van der Waals surface area contributed by atoms with Gasteiger partial charge in [0.15, 0.2) is 0 Å². The Hall–Kier alpha value is -5.34. The van der Waals surface area contributed by atoms with Gasteiger partial charge < -0.3 is 9.47 Å². The van der Waals surface area contributed by atoms with Crippen LogP contribution in [0.5, 0.6) is 0 Å². The second kappa shape index (κ2) is 9.39. The highest BCUT2D eigenvalue weighted by Gasteiger charge is 2.19. The van der Waals surface area contributed by atoms with E-state index in [-0.39, 0.29) is 0 Å². The number of nitrogens with zero attached hydrogens (tertiary/aromatic N) is 2. The lowest BCUT2D eigenvalue weighted by atomic mass is 9.95. The van der Waals surface area contributed by atoms with Gasteiger partial charge in [0.2, 0.25) is 0 Å². The average Bonchev–Trinajstić information content (AvgIpc) is 3.40. The van der Waals surface area contributed by atoms with Crippen LogP contribution >= 0.6 is 0 Å². The van der Waals surface area contributed by atoms with E-state index in [1.165, 1.54) is 71.5 Å². The van der Waals surface area contributed by atoms with Crippen LogP contribution in [0.4, 0.5) is 11.4 Å². The van der Waals surface area contributed by atoms with Crippen molar-refractivity contribution in [3.05, 3.63) is 152 Å². The first-order valence-corrected chi connectivity index (χ1v) is 14.1. The summed E-state index contributed by atoms with van der Waals surface area (Å²) >= 11 is 0. The molecule has 41 heavy (non-hydrogen) atoms. The van der Waals surface area contributed by atoms with Gasteiger partial charge in [-0.15, -0.1) is 0 Å². The lowest BCUT2D eigenvalue weighted by molar-refractivity contribution is 1.19. The van der Waals surface area contributed by atoms with Crippen molar-refractivity contribution in [2.45, 2.75) is 0 Å². The first-order valence-electron chi connectivity index (χ1n) is 14.1. The smallest absolute Gasteiger partial charge is 0.0625 e. The maximum Gasteiger partial charge on any atom is 0.0625 e. The minimum Gasteiger partial charge on any atom is -0.345 e. The van der Waals surface area contributed by atoms with E-state index in [0.717, 1.165) is 0 Å². The Morgan fingerprint density at radius 1 is 0.439 bits per heavy atom. The van der Waals surface area contributed by atoms with Gasteiger partial charge in [-0.25, -0.2) is 0 Å². The van der Waals surface area contributed by atoms with Crippen molar-refractivity contribution < 1.29 is 0 Å². The van der Waals surface area contributed by atoms with Gasteiger partial charge in [0.1, 0.15) is 0 Å². The summed E-state index contributed by atoms with van der Waals surface area (Å²) < 4.78 is 2.45. The lowest BCUT2D eigenvalue weighted by Gasteiger charge is -2.19. The number of hydrogen-bond acceptors (Lipinski definition) is 1. The number of para-hydroxylation sites is 2. The summed E-state index contributed by atoms with van der Waals surface area (Å²) in [5.41, 5.74) is 8.43. The third kappa shape index (κ3) is 3.72. The molecular formula is C39H28N2. The molecule has 2 nitrogen and oxygen atoms in total. The Morgan fingerprint density at radius 3 is 1.68 bits per heavy atom. The molecule has 8 rings (SSSR count). The van der Waals surface area contributed by atoms with Gasteiger partial charge in [0.25, 0.3) is 0 Å². The largest absolute Gasteiger partial charge is 0.345 e. The molecule has 0 atom stereocenters. The Balaban J connectivity index is 1.39. The molecular weight excluding hydrogens is 496 g/mol. The van der Waals surface area contributed by atoms with Crippen molar-refractivity contribution in [3.8, 4) is 16.8 Å². The number of anilines is 2. The molecule has 0 aliphatic heterocycles. The number of aromatic nitrogens is 1. The van der Waals surface area contributed by atoms with E-state index in [2.05, 4.69) is 168 Å². The molecule has 0 amide bonds. The van der Waals surface area contributed by atoms with Gasteiger partial charge in [-0.1, -0.05) is 103 Å². The van der Waals surface area contributed by atoms with Gasteiger partial charge in [-0.2, -0.15) is 0 Å². The van der Waals surface area contributed by atoms with E-state index < -0.39 is 0 Å². The number of rotatable bonds is 4. The van der Waals surface area contributed by atoms with Crippen molar-refractivity contribution in [2.75, 3.05) is 11.9 Å². The summed E-state index contributed by atoms with van der Waals surface area (Å²) in [7, 11) is 2.12.